The van der Waals surface area contributed by atoms with Crippen LogP contribution in [0.1, 0.15) is 44.6 Å². The number of aromatic nitrogens is 1. The van der Waals surface area contributed by atoms with E-state index < -0.39 is 0 Å². The van der Waals surface area contributed by atoms with Gasteiger partial charge in [0.2, 0.25) is 5.88 Å². The van der Waals surface area contributed by atoms with Crippen LogP contribution in [0.4, 0.5) is 0 Å². The molecular weight excluding hydrogens is 483 g/mol. The molecule has 7 nitrogen and oxygen atoms in total. The molecule has 1 N–H and O–H groups in total. The van der Waals surface area contributed by atoms with E-state index in [0.717, 1.165) is 63.5 Å². The molecule has 2 saturated heterocycles. The quantitative estimate of drug-likeness (QED) is 0.324. The number of ether oxygens (including phenoxy) is 3. The first-order valence-electron chi connectivity index (χ1n) is 10.5. The third-order valence-electron chi connectivity index (χ3n) is 5.20. The van der Waals surface area contributed by atoms with E-state index in [1.807, 2.05) is 25.4 Å². The van der Waals surface area contributed by atoms with Gasteiger partial charge in [-0.05, 0) is 37.7 Å². The van der Waals surface area contributed by atoms with Gasteiger partial charge in [-0.25, -0.2) is 4.98 Å². The fourth-order valence-corrected chi connectivity index (χ4v) is 3.57. The molecule has 0 saturated carbocycles. The highest BCUT2D eigenvalue weighted by atomic mass is 127. The van der Waals surface area contributed by atoms with Gasteiger partial charge in [0.25, 0.3) is 0 Å². The first-order chi connectivity index (χ1) is 13.8. The second kappa shape index (κ2) is 13.2. The van der Waals surface area contributed by atoms with Crippen LogP contribution in [0.5, 0.6) is 5.88 Å². The van der Waals surface area contributed by atoms with Crippen LogP contribution in [0.2, 0.25) is 0 Å². The van der Waals surface area contributed by atoms with E-state index in [1.165, 1.54) is 6.42 Å². The Kier molecular flexibility index (Phi) is 11.0. The summed E-state index contributed by atoms with van der Waals surface area (Å²) in [4.78, 5) is 11.1. The zero-order chi connectivity index (χ0) is 19.6. The topological polar surface area (TPSA) is 68.2 Å². The van der Waals surface area contributed by atoms with Gasteiger partial charge in [0.1, 0.15) is 0 Å². The Morgan fingerprint density at radius 2 is 2.14 bits per heavy atom. The number of guanidine groups is 1. The number of nitrogens with zero attached hydrogens (tertiary/aromatic N) is 3. The minimum Gasteiger partial charge on any atom is -0.478 e. The Morgan fingerprint density at radius 1 is 1.31 bits per heavy atom. The maximum Gasteiger partial charge on any atom is 0.213 e. The molecule has 29 heavy (non-hydrogen) atoms. The van der Waals surface area contributed by atoms with E-state index >= 15 is 0 Å². The summed E-state index contributed by atoms with van der Waals surface area (Å²) in [6, 6.07) is 3.97. The zero-order valence-corrected chi connectivity index (χ0v) is 20.0. The second-order valence-corrected chi connectivity index (χ2v) is 7.41. The second-order valence-electron chi connectivity index (χ2n) is 7.41. The van der Waals surface area contributed by atoms with Gasteiger partial charge in [0.05, 0.1) is 25.4 Å². The van der Waals surface area contributed by atoms with Crippen molar-refractivity contribution in [1.29, 1.82) is 0 Å². The summed E-state index contributed by atoms with van der Waals surface area (Å²) in [5.41, 5.74) is 1.11. The number of piperidine rings is 1. The average molecular weight is 518 g/mol. The molecule has 164 valence electrons. The fourth-order valence-electron chi connectivity index (χ4n) is 3.57. The third kappa shape index (κ3) is 7.90. The van der Waals surface area contributed by atoms with E-state index in [9.17, 15) is 0 Å². The molecule has 1 aromatic rings. The van der Waals surface area contributed by atoms with Gasteiger partial charge in [-0.1, -0.05) is 13.0 Å². The highest BCUT2D eigenvalue weighted by Gasteiger charge is 2.24. The average Bonchev–Trinajstić information content (AvgIpc) is 3.26. The van der Waals surface area contributed by atoms with Crippen molar-refractivity contribution in [3.8, 4) is 5.88 Å². The van der Waals surface area contributed by atoms with E-state index in [2.05, 4.69) is 27.1 Å². The molecule has 2 aliphatic heterocycles. The Balaban J connectivity index is 0.00000300. The number of nitrogens with one attached hydrogen (secondary N) is 1. The summed E-state index contributed by atoms with van der Waals surface area (Å²) in [5, 5.41) is 3.44. The van der Waals surface area contributed by atoms with Gasteiger partial charge < -0.3 is 24.4 Å². The van der Waals surface area contributed by atoms with E-state index in [1.54, 1.807) is 0 Å². The molecular formula is C21H35IN4O3. The largest absolute Gasteiger partial charge is 0.478 e. The lowest BCUT2D eigenvalue weighted by Crippen LogP contribution is -2.47. The van der Waals surface area contributed by atoms with Crippen molar-refractivity contribution in [3.63, 3.8) is 0 Å². The van der Waals surface area contributed by atoms with Crippen molar-refractivity contribution in [2.24, 2.45) is 4.99 Å². The van der Waals surface area contributed by atoms with Crippen LogP contribution in [0.25, 0.3) is 0 Å². The first kappa shape index (κ1) is 24.1. The van der Waals surface area contributed by atoms with Crippen molar-refractivity contribution < 1.29 is 14.2 Å². The van der Waals surface area contributed by atoms with Crippen LogP contribution in [0.15, 0.2) is 23.3 Å². The standard InChI is InChI=1S/C21H34N4O3.HI/c1-3-12-27-20-7-6-17(14-23-20)15-24-21(22-2)25-10-8-18(9-11-25)28-16-19-5-4-13-26-19;/h6-7,14,18-19H,3-5,8-13,15-16H2,1-2H3,(H,22,24);1H. The molecule has 0 amide bonds. The van der Waals surface area contributed by atoms with Crippen LogP contribution >= 0.6 is 24.0 Å². The van der Waals surface area contributed by atoms with E-state index in [4.69, 9.17) is 14.2 Å². The molecule has 0 radical (unpaired) electrons. The molecule has 2 aliphatic rings. The van der Waals surface area contributed by atoms with Crippen molar-refractivity contribution in [3.05, 3.63) is 23.9 Å². The molecule has 1 aromatic heterocycles. The summed E-state index contributed by atoms with van der Waals surface area (Å²) in [5.74, 6) is 1.61. The Hall–Kier alpha value is -1.13. The number of hydrogen-bond acceptors (Lipinski definition) is 5. The summed E-state index contributed by atoms with van der Waals surface area (Å²) in [6.07, 6.45) is 7.83. The Bertz CT molecular complexity index is 600. The lowest BCUT2D eigenvalue weighted by molar-refractivity contribution is -0.0367. The van der Waals surface area contributed by atoms with Gasteiger partial charge in [-0.2, -0.15) is 0 Å². The Morgan fingerprint density at radius 3 is 2.76 bits per heavy atom. The van der Waals surface area contributed by atoms with Gasteiger partial charge in [0, 0.05) is 45.6 Å². The van der Waals surface area contributed by atoms with Crippen molar-refractivity contribution in [1.82, 2.24) is 15.2 Å². The van der Waals surface area contributed by atoms with E-state index in [-0.39, 0.29) is 24.0 Å². The fraction of sp³-hybridized carbons (Fsp3) is 0.714. The molecule has 1 unspecified atom stereocenters. The number of likely N-dealkylation sites (tertiary alicyclic amines) is 1. The minimum absolute atomic E-state index is 0. The molecule has 0 aliphatic carbocycles. The first-order valence-corrected chi connectivity index (χ1v) is 10.5. The normalized spacial score (nSPS) is 20.4. The van der Waals surface area contributed by atoms with Gasteiger partial charge in [0.15, 0.2) is 5.96 Å². The van der Waals surface area contributed by atoms with Crippen LogP contribution in [-0.2, 0) is 16.0 Å². The van der Waals surface area contributed by atoms with Crippen LogP contribution < -0.4 is 10.1 Å². The van der Waals surface area contributed by atoms with E-state index in [0.29, 0.717) is 31.2 Å². The molecule has 1 atom stereocenters. The molecule has 2 fully saturated rings. The number of hydrogen-bond donors (Lipinski definition) is 1. The Labute approximate surface area is 191 Å². The van der Waals surface area contributed by atoms with Crippen molar-refractivity contribution in [2.45, 2.75) is 57.8 Å². The predicted molar refractivity (Wildman–Crippen MR) is 125 cm³/mol. The van der Waals surface area contributed by atoms with Crippen molar-refractivity contribution in [2.75, 3.05) is 40.0 Å². The number of pyridine rings is 1. The summed E-state index contributed by atoms with van der Waals surface area (Å²) < 4.78 is 17.2. The molecule has 0 aromatic carbocycles. The lowest BCUT2D eigenvalue weighted by Gasteiger charge is -2.34. The molecule has 3 heterocycles. The molecule has 0 spiro atoms. The SMILES string of the molecule is CCCOc1ccc(CNC(=NC)N2CCC(OCC3CCCO3)CC2)cn1.I. The molecule has 0 bridgehead atoms. The zero-order valence-electron chi connectivity index (χ0n) is 17.6. The van der Waals surface area contributed by atoms with Crippen molar-refractivity contribution >= 4 is 29.9 Å². The third-order valence-corrected chi connectivity index (χ3v) is 5.20. The maximum atomic E-state index is 6.06. The van der Waals surface area contributed by atoms with Crippen LogP contribution in [0.3, 0.4) is 0 Å². The van der Waals surface area contributed by atoms with Gasteiger partial charge in [-0.3, -0.25) is 4.99 Å². The lowest BCUT2D eigenvalue weighted by atomic mass is 10.1. The van der Waals surface area contributed by atoms with Gasteiger partial charge >= 0.3 is 0 Å². The minimum atomic E-state index is 0. The monoisotopic (exact) mass is 518 g/mol. The smallest absolute Gasteiger partial charge is 0.213 e. The predicted octanol–water partition coefficient (Wildman–Crippen LogP) is 3.22. The summed E-state index contributed by atoms with van der Waals surface area (Å²) in [6.45, 7) is 7.02. The van der Waals surface area contributed by atoms with Gasteiger partial charge in [-0.15, -0.1) is 24.0 Å². The number of rotatable bonds is 8. The van der Waals surface area contributed by atoms with Crippen LogP contribution in [-0.4, -0.2) is 68.0 Å². The molecule has 8 heteroatoms. The molecule has 3 rings (SSSR count). The highest BCUT2D eigenvalue weighted by Crippen LogP contribution is 2.18. The summed E-state index contributed by atoms with van der Waals surface area (Å²) >= 11 is 0. The number of aliphatic imine (C=N–C) groups is 1. The van der Waals surface area contributed by atoms with Crippen LogP contribution in [0, 0.1) is 0 Å². The summed E-state index contributed by atoms with van der Waals surface area (Å²) in [7, 11) is 1.84. The maximum absolute atomic E-state index is 6.06. The highest BCUT2D eigenvalue weighted by molar-refractivity contribution is 14.0. The number of halogens is 1.